The first-order valence-electron chi connectivity index (χ1n) is 2.43. The Bertz CT molecular complexity index is 135. The van der Waals surface area contributed by atoms with Gasteiger partial charge in [-0.2, -0.15) is 0 Å². The molecule has 0 nitrogen and oxygen atoms in total. The lowest BCUT2D eigenvalue weighted by atomic mass is 10.2. The summed E-state index contributed by atoms with van der Waals surface area (Å²) in [7, 11) is 0. The van der Waals surface area contributed by atoms with Crippen molar-refractivity contribution in [1.82, 2.24) is 0 Å². The molecule has 0 bridgehead atoms. The van der Waals surface area contributed by atoms with Gasteiger partial charge in [0.05, 0.1) is 0 Å². The van der Waals surface area contributed by atoms with Crippen LogP contribution in [0.25, 0.3) is 0 Å². The van der Waals surface area contributed by atoms with Crippen LogP contribution in [0.15, 0.2) is 24.3 Å². The van der Waals surface area contributed by atoms with Crippen LogP contribution in [0, 0.1) is 0 Å². The van der Waals surface area contributed by atoms with E-state index in [1.165, 1.54) is 0 Å². The number of alkyl halides is 2. The Morgan fingerprint density at radius 3 is 2.50 bits per heavy atom. The Kier molecular flexibility index (Phi) is 1.78. The summed E-state index contributed by atoms with van der Waals surface area (Å²) in [5.41, 5.74) is 0. The summed E-state index contributed by atoms with van der Waals surface area (Å²) >= 11 is 9.17. The van der Waals surface area contributed by atoms with Crippen LogP contribution in [0.4, 0.5) is 0 Å². The van der Waals surface area contributed by atoms with Gasteiger partial charge in [0.2, 0.25) is 0 Å². The van der Waals surface area contributed by atoms with E-state index in [1.54, 1.807) is 0 Å². The van der Waals surface area contributed by atoms with Crippen molar-refractivity contribution >= 4 is 27.5 Å². The first kappa shape index (κ1) is 6.37. The number of allylic oxidation sites excluding steroid dienone is 4. The third-order valence-corrected chi connectivity index (χ3v) is 1.85. The lowest BCUT2D eigenvalue weighted by Gasteiger charge is -2.13. The third kappa shape index (κ3) is 1.64. The van der Waals surface area contributed by atoms with E-state index in [0.717, 1.165) is 6.42 Å². The number of hydrogen-bond donors (Lipinski definition) is 0. The molecule has 0 radical (unpaired) electrons. The summed E-state index contributed by atoms with van der Waals surface area (Å²) in [5.74, 6) is 0. The number of rotatable bonds is 0. The predicted octanol–water partition coefficient (Wildman–Crippen LogP) is 2.83. The summed E-state index contributed by atoms with van der Waals surface area (Å²) in [4.78, 5) is 0. The van der Waals surface area contributed by atoms with Crippen molar-refractivity contribution in [3.8, 4) is 0 Å². The minimum Gasteiger partial charge on any atom is -0.102 e. The van der Waals surface area contributed by atoms with Crippen molar-refractivity contribution in [2.75, 3.05) is 0 Å². The molecule has 8 heavy (non-hydrogen) atoms. The molecule has 0 aromatic rings. The molecule has 0 aromatic heterocycles. The molecule has 0 saturated heterocycles. The van der Waals surface area contributed by atoms with Crippen molar-refractivity contribution in [2.24, 2.45) is 0 Å². The quantitative estimate of drug-likeness (QED) is 0.519. The molecule has 0 fully saturated rings. The highest BCUT2D eigenvalue weighted by molar-refractivity contribution is 9.10. The first-order chi connectivity index (χ1) is 3.71. The lowest BCUT2D eigenvalue weighted by molar-refractivity contribution is 0.994. The van der Waals surface area contributed by atoms with E-state index in [-0.39, 0.29) is 3.78 Å². The fourth-order valence-electron chi connectivity index (χ4n) is 0.568. The van der Waals surface area contributed by atoms with E-state index >= 15 is 0 Å². The van der Waals surface area contributed by atoms with Crippen molar-refractivity contribution in [3.05, 3.63) is 24.3 Å². The standard InChI is InChI=1S/C6H6BrCl/c7-6(8)4-2-1-3-5-6/h1-4H,5H2. The average Bonchev–Trinajstić information content (AvgIpc) is 1.65. The minimum absolute atomic E-state index is 0.304. The van der Waals surface area contributed by atoms with Gasteiger partial charge >= 0.3 is 0 Å². The fourth-order valence-corrected chi connectivity index (χ4v) is 1.07. The van der Waals surface area contributed by atoms with Gasteiger partial charge in [0.25, 0.3) is 0 Å². The van der Waals surface area contributed by atoms with E-state index in [1.807, 2.05) is 24.3 Å². The molecule has 1 aliphatic carbocycles. The Labute approximate surface area is 62.3 Å². The van der Waals surface area contributed by atoms with Gasteiger partial charge in [-0.15, -0.1) is 11.6 Å². The zero-order valence-corrected chi connectivity index (χ0v) is 6.61. The van der Waals surface area contributed by atoms with Crippen LogP contribution in [-0.4, -0.2) is 3.78 Å². The van der Waals surface area contributed by atoms with Gasteiger partial charge < -0.3 is 0 Å². The smallest absolute Gasteiger partial charge is 0.102 e. The van der Waals surface area contributed by atoms with Crippen LogP contribution < -0.4 is 0 Å². The molecule has 1 atom stereocenters. The normalized spacial score (nSPS) is 35.8. The van der Waals surface area contributed by atoms with Crippen LogP contribution in [0.2, 0.25) is 0 Å². The third-order valence-electron chi connectivity index (χ3n) is 0.977. The molecule has 0 heterocycles. The highest BCUT2D eigenvalue weighted by atomic mass is 79.9. The van der Waals surface area contributed by atoms with E-state index < -0.39 is 0 Å². The maximum Gasteiger partial charge on any atom is 0.121 e. The molecule has 1 unspecified atom stereocenters. The zero-order valence-electron chi connectivity index (χ0n) is 4.27. The van der Waals surface area contributed by atoms with Crippen LogP contribution in [0.1, 0.15) is 6.42 Å². The lowest BCUT2D eigenvalue weighted by Crippen LogP contribution is -2.06. The Morgan fingerprint density at radius 1 is 1.50 bits per heavy atom. The molecule has 2 heteroatoms. The molecule has 44 valence electrons. The molecule has 0 aliphatic heterocycles. The second kappa shape index (κ2) is 2.24. The minimum atomic E-state index is -0.304. The fraction of sp³-hybridized carbons (Fsp3) is 0.333. The maximum absolute atomic E-state index is 5.85. The van der Waals surface area contributed by atoms with Crippen LogP contribution in [0.3, 0.4) is 0 Å². The summed E-state index contributed by atoms with van der Waals surface area (Å²) in [5, 5.41) is 0. The van der Waals surface area contributed by atoms with Crippen molar-refractivity contribution in [2.45, 2.75) is 10.2 Å². The summed E-state index contributed by atoms with van der Waals surface area (Å²) in [6.07, 6.45) is 8.74. The van der Waals surface area contributed by atoms with Gasteiger partial charge in [-0.3, -0.25) is 0 Å². The largest absolute Gasteiger partial charge is 0.121 e. The van der Waals surface area contributed by atoms with E-state index in [2.05, 4.69) is 15.9 Å². The Morgan fingerprint density at radius 2 is 2.25 bits per heavy atom. The Balaban J connectivity index is 2.65. The molecule has 1 rings (SSSR count). The molecule has 0 aromatic carbocycles. The van der Waals surface area contributed by atoms with Gasteiger partial charge in [0.1, 0.15) is 3.78 Å². The predicted molar refractivity (Wildman–Crippen MR) is 40.4 cm³/mol. The van der Waals surface area contributed by atoms with Crippen LogP contribution in [-0.2, 0) is 0 Å². The Hall–Kier alpha value is 0.250. The molecule has 0 amide bonds. The summed E-state index contributed by atoms with van der Waals surface area (Å²) in [6.45, 7) is 0. The van der Waals surface area contributed by atoms with E-state index in [0.29, 0.717) is 0 Å². The monoisotopic (exact) mass is 192 g/mol. The van der Waals surface area contributed by atoms with E-state index in [4.69, 9.17) is 11.6 Å². The van der Waals surface area contributed by atoms with Gasteiger partial charge in [0.15, 0.2) is 0 Å². The number of hydrogen-bond acceptors (Lipinski definition) is 0. The van der Waals surface area contributed by atoms with Gasteiger partial charge in [-0.1, -0.05) is 40.2 Å². The first-order valence-corrected chi connectivity index (χ1v) is 3.60. The summed E-state index contributed by atoms with van der Waals surface area (Å²) < 4.78 is -0.304. The highest BCUT2D eigenvalue weighted by Gasteiger charge is 2.17. The maximum atomic E-state index is 5.85. The molecular weight excluding hydrogens is 187 g/mol. The molecule has 1 aliphatic rings. The van der Waals surface area contributed by atoms with Crippen molar-refractivity contribution in [1.29, 1.82) is 0 Å². The van der Waals surface area contributed by atoms with Gasteiger partial charge in [-0.05, 0) is 6.42 Å². The second-order valence-corrected chi connectivity index (χ2v) is 4.30. The number of halogens is 2. The molecular formula is C6H6BrCl. The molecule has 0 spiro atoms. The van der Waals surface area contributed by atoms with Crippen LogP contribution >= 0.6 is 27.5 Å². The molecule has 0 N–H and O–H groups in total. The van der Waals surface area contributed by atoms with Gasteiger partial charge in [0, 0.05) is 0 Å². The molecule has 0 saturated carbocycles. The summed E-state index contributed by atoms with van der Waals surface area (Å²) in [6, 6.07) is 0. The van der Waals surface area contributed by atoms with E-state index in [9.17, 15) is 0 Å². The second-order valence-electron chi connectivity index (χ2n) is 1.75. The SMILES string of the molecule is ClC1(Br)C=CC=CC1. The van der Waals surface area contributed by atoms with Crippen LogP contribution in [0.5, 0.6) is 0 Å². The zero-order chi connectivity index (χ0) is 6.04. The highest BCUT2D eigenvalue weighted by Crippen LogP contribution is 2.31. The van der Waals surface area contributed by atoms with Crippen molar-refractivity contribution < 1.29 is 0 Å². The van der Waals surface area contributed by atoms with Crippen molar-refractivity contribution in [3.63, 3.8) is 0 Å². The average molecular weight is 193 g/mol. The van der Waals surface area contributed by atoms with Gasteiger partial charge in [-0.25, -0.2) is 0 Å². The topological polar surface area (TPSA) is 0 Å².